The van der Waals surface area contributed by atoms with Crippen LogP contribution >= 0.6 is 0 Å². The second-order valence-electron chi connectivity index (χ2n) is 6.30. The Balaban J connectivity index is 1.99. The smallest absolute Gasteiger partial charge is 0.329 e. The predicted molar refractivity (Wildman–Crippen MR) is 78.1 cm³/mol. The summed E-state index contributed by atoms with van der Waals surface area (Å²) in [7, 11) is 0. The number of nitrogens with zero attached hydrogens (tertiary/aromatic N) is 1. The van der Waals surface area contributed by atoms with Crippen molar-refractivity contribution >= 4 is 12.0 Å². The largest absolute Gasteiger partial charge is 0.480 e. The van der Waals surface area contributed by atoms with E-state index in [4.69, 9.17) is 4.74 Å². The average molecular weight is 298 g/mol. The highest BCUT2D eigenvalue weighted by Gasteiger charge is 2.43. The number of nitrogens with one attached hydrogen (secondary N) is 1. The molecule has 0 aromatic carbocycles. The van der Waals surface area contributed by atoms with Gasteiger partial charge in [-0.05, 0) is 38.5 Å². The number of carboxylic acid groups (broad SMARTS) is 1. The van der Waals surface area contributed by atoms with Gasteiger partial charge in [0.1, 0.15) is 5.54 Å². The lowest BCUT2D eigenvalue weighted by molar-refractivity contribution is -0.146. The third kappa shape index (κ3) is 3.67. The van der Waals surface area contributed by atoms with Gasteiger partial charge in [0.25, 0.3) is 0 Å². The van der Waals surface area contributed by atoms with Crippen LogP contribution in [-0.2, 0) is 9.53 Å². The van der Waals surface area contributed by atoms with Gasteiger partial charge in [0.2, 0.25) is 0 Å². The molecular formula is C15H26N2O4. The summed E-state index contributed by atoms with van der Waals surface area (Å²) >= 11 is 0. The summed E-state index contributed by atoms with van der Waals surface area (Å²) in [5.74, 6) is -0.329. The summed E-state index contributed by atoms with van der Waals surface area (Å²) in [6, 6.07) is -0.275. The lowest BCUT2D eigenvalue weighted by Crippen LogP contribution is -2.61. The number of amides is 2. The van der Waals surface area contributed by atoms with Crippen LogP contribution in [0.2, 0.25) is 0 Å². The predicted octanol–water partition coefficient (Wildman–Crippen LogP) is 1.84. The first kappa shape index (κ1) is 16.1. The van der Waals surface area contributed by atoms with E-state index in [1.807, 2.05) is 6.92 Å². The molecule has 2 amide bonds. The van der Waals surface area contributed by atoms with Crippen LogP contribution in [0.4, 0.5) is 4.79 Å². The van der Waals surface area contributed by atoms with Crippen molar-refractivity contribution in [1.29, 1.82) is 0 Å². The molecule has 120 valence electrons. The quantitative estimate of drug-likeness (QED) is 0.833. The number of hydrogen-bond acceptors (Lipinski definition) is 3. The molecule has 1 saturated carbocycles. The van der Waals surface area contributed by atoms with E-state index >= 15 is 0 Å². The molecule has 1 heterocycles. The fourth-order valence-corrected chi connectivity index (χ4v) is 3.26. The molecule has 1 unspecified atom stereocenters. The Labute approximate surface area is 125 Å². The van der Waals surface area contributed by atoms with Gasteiger partial charge in [-0.1, -0.05) is 13.3 Å². The third-order valence-corrected chi connectivity index (χ3v) is 4.82. The molecule has 1 atom stereocenters. The van der Waals surface area contributed by atoms with Gasteiger partial charge in [0.15, 0.2) is 0 Å². The minimum absolute atomic E-state index is 0.00102. The first-order valence-electron chi connectivity index (χ1n) is 7.89. The highest BCUT2D eigenvalue weighted by Crippen LogP contribution is 2.34. The van der Waals surface area contributed by atoms with E-state index < -0.39 is 11.5 Å². The van der Waals surface area contributed by atoms with Crippen LogP contribution < -0.4 is 5.32 Å². The highest BCUT2D eigenvalue weighted by molar-refractivity contribution is 5.86. The minimum Gasteiger partial charge on any atom is -0.480 e. The molecule has 21 heavy (non-hydrogen) atoms. The Hall–Kier alpha value is -1.30. The lowest BCUT2D eigenvalue weighted by Gasteiger charge is -2.39. The van der Waals surface area contributed by atoms with Crippen molar-refractivity contribution in [1.82, 2.24) is 10.2 Å². The molecule has 2 rings (SSSR count). The Bertz CT molecular complexity index is 391. The summed E-state index contributed by atoms with van der Waals surface area (Å²) in [6.07, 6.45) is 3.84. The highest BCUT2D eigenvalue weighted by atomic mass is 16.5. The van der Waals surface area contributed by atoms with Crippen molar-refractivity contribution in [2.24, 2.45) is 5.92 Å². The Morgan fingerprint density at radius 3 is 2.57 bits per heavy atom. The van der Waals surface area contributed by atoms with Crippen LogP contribution in [0.1, 0.15) is 46.0 Å². The Morgan fingerprint density at radius 2 is 2.05 bits per heavy atom. The number of urea groups is 1. The third-order valence-electron chi connectivity index (χ3n) is 4.82. The van der Waals surface area contributed by atoms with Gasteiger partial charge in [0.05, 0.1) is 12.7 Å². The van der Waals surface area contributed by atoms with Crippen molar-refractivity contribution < 1.29 is 19.4 Å². The molecule has 2 fully saturated rings. The van der Waals surface area contributed by atoms with Gasteiger partial charge >= 0.3 is 12.0 Å². The maximum atomic E-state index is 12.4. The van der Waals surface area contributed by atoms with Gasteiger partial charge in [-0.15, -0.1) is 0 Å². The van der Waals surface area contributed by atoms with Crippen LogP contribution in [-0.4, -0.2) is 53.3 Å². The van der Waals surface area contributed by atoms with Crippen molar-refractivity contribution in [2.75, 3.05) is 19.7 Å². The zero-order chi connectivity index (χ0) is 15.5. The second kappa shape index (κ2) is 6.64. The standard InChI is InChI=1S/C15H26N2O4/c1-3-12-4-6-15(7-5-12,13(18)19)16-14(20)17-8-9-21-11(2)10-17/h11-12H,3-10H2,1-2H3,(H,16,20)(H,18,19). The van der Waals surface area contributed by atoms with E-state index in [9.17, 15) is 14.7 Å². The monoisotopic (exact) mass is 298 g/mol. The van der Waals surface area contributed by atoms with Crippen LogP contribution in [0, 0.1) is 5.92 Å². The molecule has 2 N–H and O–H groups in total. The topological polar surface area (TPSA) is 78.9 Å². The summed E-state index contributed by atoms with van der Waals surface area (Å²) in [4.78, 5) is 25.7. The Morgan fingerprint density at radius 1 is 1.38 bits per heavy atom. The molecule has 2 aliphatic rings. The van der Waals surface area contributed by atoms with Gasteiger partial charge in [-0.3, -0.25) is 0 Å². The first-order chi connectivity index (χ1) is 9.97. The van der Waals surface area contributed by atoms with E-state index in [0.29, 0.717) is 38.5 Å². The lowest BCUT2D eigenvalue weighted by atomic mass is 9.75. The SMILES string of the molecule is CCC1CCC(NC(=O)N2CCOC(C)C2)(C(=O)O)CC1. The molecule has 0 aromatic rings. The molecular weight excluding hydrogens is 272 g/mol. The summed E-state index contributed by atoms with van der Waals surface area (Å²) in [5, 5.41) is 12.4. The van der Waals surface area contributed by atoms with Crippen LogP contribution in [0.15, 0.2) is 0 Å². The Kier molecular flexibility index (Phi) is 5.08. The zero-order valence-corrected chi connectivity index (χ0v) is 12.9. The van der Waals surface area contributed by atoms with Gasteiger partial charge < -0.3 is 20.1 Å². The van der Waals surface area contributed by atoms with E-state index in [-0.39, 0.29) is 12.1 Å². The number of morpholine rings is 1. The number of rotatable bonds is 3. The maximum Gasteiger partial charge on any atom is 0.329 e. The summed E-state index contributed by atoms with van der Waals surface area (Å²) < 4.78 is 5.41. The fourth-order valence-electron chi connectivity index (χ4n) is 3.26. The maximum absolute atomic E-state index is 12.4. The molecule has 1 aliphatic heterocycles. The number of carboxylic acids is 1. The van der Waals surface area contributed by atoms with E-state index in [2.05, 4.69) is 12.2 Å². The first-order valence-corrected chi connectivity index (χ1v) is 7.89. The van der Waals surface area contributed by atoms with E-state index in [1.165, 1.54) is 0 Å². The average Bonchev–Trinajstić information content (AvgIpc) is 2.47. The van der Waals surface area contributed by atoms with Crippen LogP contribution in [0.25, 0.3) is 0 Å². The van der Waals surface area contributed by atoms with Crippen molar-refractivity contribution in [3.63, 3.8) is 0 Å². The summed E-state index contributed by atoms with van der Waals surface area (Å²) in [5.41, 5.74) is -1.09. The number of carbonyl (C=O) groups excluding carboxylic acids is 1. The van der Waals surface area contributed by atoms with Gasteiger partial charge in [-0.25, -0.2) is 9.59 Å². The molecule has 1 aliphatic carbocycles. The van der Waals surface area contributed by atoms with E-state index in [0.717, 1.165) is 19.3 Å². The molecule has 6 nitrogen and oxygen atoms in total. The van der Waals surface area contributed by atoms with E-state index in [1.54, 1.807) is 4.90 Å². The minimum atomic E-state index is -1.09. The van der Waals surface area contributed by atoms with Crippen molar-refractivity contribution in [3.8, 4) is 0 Å². The molecule has 0 spiro atoms. The zero-order valence-electron chi connectivity index (χ0n) is 12.9. The van der Waals surface area contributed by atoms with Crippen molar-refractivity contribution in [2.45, 2.75) is 57.6 Å². The van der Waals surface area contributed by atoms with Gasteiger partial charge in [-0.2, -0.15) is 0 Å². The van der Waals surface area contributed by atoms with Crippen molar-refractivity contribution in [3.05, 3.63) is 0 Å². The molecule has 1 saturated heterocycles. The molecule has 0 aromatic heterocycles. The second-order valence-corrected chi connectivity index (χ2v) is 6.30. The fraction of sp³-hybridized carbons (Fsp3) is 0.867. The molecule has 0 bridgehead atoms. The molecule has 0 radical (unpaired) electrons. The number of ether oxygens (including phenoxy) is 1. The number of carbonyl (C=O) groups is 2. The summed E-state index contributed by atoms with van der Waals surface area (Å²) in [6.45, 7) is 5.58. The normalized spacial score (nSPS) is 33.5. The van der Waals surface area contributed by atoms with Crippen LogP contribution in [0.5, 0.6) is 0 Å². The number of aliphatic carboxylic acids is 1. The molecule has 6 heteroatoms. The van der Waals surface area contributed by atoms with Crippen LogP contribution in [0.3, 0.4) is 0 Å². The van der Waals surface area contributed by atoms with Gasteiger partial charge in [0, 0.05) is 13.1 Å². The number of hydrogen-bond donors (Lipinski definition) is 2.